The summed E-state index contributed by atoms with van der Waals surface area (Å²) < 4.78 is 5.34. The number of hydrogen-bond acceptors (Lipinski definition) is 3. The molecule has 0 N–H and O–H groups in total. The number of ether oxygens (including phenoxy) is 1. The van der Waals surface area contributed by atoms with Gasteiger partial charge in [-0.2, -0.15) is 0 Å². The Balaban J connectivity index is 2.08. The van der Waals surface area contributed by atoms with Crippen molar-refractivity contribution >= 4 is 17.4 Å². The second kappa shape index (κ2) is 5.10. The van der Waals surface area contributed by atoms with E-state index in [2.05, 4.69) is 0 Å². The molecule has 0 aliphatic carbocycles. The number of rotatable bonds is 5. The molecule has 90 valence electrons. The zero-order chi connectivity index (χ0) is 12.3. The van der Waals surface area contributed by atoms with Crippen LogP contribution in [0.1, 0.15) is 23.7 Å². The first-order valence-corrected chi connectivity index (χ1v) is 5.78. The average molecular weight is 233 g/mol. The van der Waals surface area contributed by atoms with Gasteiger partial charge in [0.1, 0.15) is 0 Å². The van der Waals surface area contributed by atoms with Gasteiger partial charge < -0.3 is 9.64 Å². The molecule has 0 bridgehead atoms. The minimum absolute atomic E-state index is 0.420. The Labute approximate surface area is 100 Å². The molecule has 1 amide bonds. The maximum absolute atomic E-state index is 11.7. The second-order valence-corrected chi connectivity index (χ2v) is 3.92. The quantitative estimate of drug-likeness (QED) is 0.573. The highest BCUT2D eigenvalue weighted by Gasteiger charge is 2.34. The van der Waals surface area contributed by atoms with Crippen LogP contribution >= 0.6 is 0 Å². The van der Waals surface area contributed by atoms with E-state index in [4.69, 9.17) is 4.74 Å². The van der Waals surface area contributed by atoms with Gasteiger partial charge >= 0.3 is 0 Å². The fraction of sp³-hybridized carbons (Fsp3) is 0.385. The monoisotopic (exact) mass is 233 g/mol. The largest absolute Gasteiger partial charge is 0.380 e. The van der Waals surface area contributed by atoms with Gasteiger partial charge in [-0.25, -0.2) is 0 Å². The maximum Gasteiger partial charge on any atom is 0.299 e. The zero-order valence-corrected chi connectivity index (χ0v) is 9.81. The summed E-state index contributed by atoms with van der Waals surface area (Å²) in [6, 6.07) is 7.06. The van der Waals surface area contributed by atoms with Crippen molar-refractivity contribution in [3.8, 4) is 0 Å². The van der Waals surface area contributed by atoms with Crippen molar-refractivity contribution in [2.75, 3.05) is 24.7 Å². The second-order valence-electron chi connectivity index (χ2n) is 3.92. The van der Waals surface area contributed by atoms with Crippen LogP contribution in [0.4, 0.5) is 5.69 Å². The van der Waals surface area contributed by atoms with E-state index in [-0.39, 0.29) is 0 Å². The number of anilines is 1. The molecule has 1 aliphatic rings. The lowest BCUT2D eigenvalue weighted by atomic mass is 10.1. The molecule has 0 radical (unpaired) electrons. The lowest BCUT2D eigenvalue weighted by molar-refractivity contribution is -0.114. The molecule has 0 atom stereocenters. The summed E-state index contributed by atoms with van der Waals surface area (Å²) in [6.45, 7) is 3.60. The molecule has 1 aliphatic heterocycles. The molecular weight excluding hydrogens is 218 g/mol. The van der Waals surface area contributed by atoms with Crippen LogP contribution in [-0.2, 0) is 9.53 Å². The molecule has 0 saturated carbocycles. The minimum atomic E-state index is -0.453. The van der Waals surface area contributed by atoms with Crippen LogP contribution in [0.15, 0.2) is 24.3 Å². The van der Waals surface area contributed by atoms with Gasteiger partial charge in [-0.3, -0.25) is 9.59 Å². The highest BCUT2D eigenvalue weighted by Crippen LogP contribution is 2.27. The van der Waals surface area contributed by atoms with E-state index in [0.717, 1.165) is 6.42 Å². The van der Waals surface area contributed by atoms with Crippen LogP contribution < -0.4 is 4.90 Å². The number of fused-ring (bicyclic) bond motifs is 1. The highest BCUT2D eigenvalue weighted by atomic mass is 16.5. The number of Topliss-reactive ketones (excluding diaryl/α,β-unsaturated/α-hetero) is 1. The Morgan fingerprint density at radius 1 is 1.18 bits per heavy atom. The highest BCUT2D eigenvalue weighted by molar-refractivity contribution is 6.52. The molecule has 4 nitrogen and oxygen atoms in total. The van der Waals surface area contributed by atoms with Crippen LogP contribution in [0, 0.1) is 0 Å². The van der Waals surface area contributed by atoms with Gasteiger partial charge in [0.25, 0.3) is 11.7 Å². The standard InChI is InChI=1S/C13H15NO3/c1-2-8-17-9-7-14-11-6-4-3-5-10(11)12(15)13(14)16/h3-6H,2,7-9H2,1H3. The summed E-state index contributed by atoms with van der Waals surface area (Å²) in [4.78, 5) is 24.9. The SMILES string of the molecule is CCCOCCN1C(=O)C(=O)c2ccccc21. The van der Waals surface area contributed by atoms with Crippen LogP contribution in [0.3, 0.4) is 0 Å². The molecule has 0 saturated heterocycles. The van der Waals surface area contributed by atoms with Crippen LogP contribution in [0.25, 0.3) is 0 Å². The number of ketones is 1. The molecule has 1 heterocycles. The molecule has 0 unspecified atom stereocenters. The van der Waals surface area contributed by atoms with E-state index < -0.39 is 11.7 Å². The Morgan fingerprint density at radius 3 is 2.71 bits per heavy atom. The number of hydrogen-bond donors (Lipinski definition) is 0. The van der Waals surface area contributed by atoms with Crippen LogP contribution in [0.5, 0.6) is 0 Å². The molecular formula is C13H15NO3. The third kappa shape index (κ3) is 2.22. The first kappa shape index (κ1) is 11.8. The third-order valence-electron chi connectivity index (χ3n) is 2.69. The summed E-state index contributed by atoms with van der Waals surface area (Å²) in [6.07, 6.45) is 0.948. The summed E-state index contributed by atoms with van der Waals surface area (Å²) in [7, 11) is 0. The van der Waals surface area contributed by atoms with E-state index in [0.29, 0.717) is 31.0 Å². The van der Waals surface area contributed by atoms with E-state index in [9.17, 15) is 9.59 Å². The van der Waals surface area contributed by atoms with E-state index in [1.807, 2.05) is 13.0 Å². The third-order valence-corrected chi connectivity index (χ3v) is 2.69. The van der Waals surface area contributed by atoms with Crippen molar-refractivity contribution in [3.05, 3.63) is 29.8 Å². The van der Waals surface area contributed by atoms with Crippen molar-refractivity contribution in [1.29, 1.82) is 0 Å². The molecule has 1 aromatic carbocycles. The van der Waals surface area contributed by atoms with Crippen molar-refractivity contribution in [1.82, 2.24) is 0 Å². The lowest BCUT2D eigenvalue weighted by Gasteiger charge is -2.16. The van der Waals surface area contributed by atoms with Crippen molar-refractivity contribution in [2.24, 2.45) is 0 Å². The number of benzene rings is 1. The fourth-order valence-corrected chi connectivity index (χ4v) is 1.87. The number of para-hydroxylation sites is 1. The van der Waals surface area contributed by atoms with Gasteiger partial charge in [-0.1, -0.05) is 19.1 Å². The Kier molecular flexibility index (Phi) is 3.54. The molecule has 1 aromatic rings. The van der Waals surface area contributed by atoms with Crippen LogP contribution in [0.2, 0.25) is 0 Å². The van der Waals surface area contributed by atoms with Crippen molar-refractivity contribution in [3.63, 3.8) is 0 Å². The molecule has 0 fully saturated rings. The minimum Gasteiger partial charge on any atom is -0.380 e. The normalized spacial score (nSPS) is 14.3. The maximum atomic E-state index is 11.7. The number of carbonyl (C=O) groups is 2. The van der Waals surface area contributed by atoms with Gasteiger partial charge in [0, 0.05) is 13.2 Å². The smallest absolute Gasteiger partial charge is 0.299 e. The Morgan fingerprint density at radius 2 is 1.94 bits per heavy atom. The molecule has 4 heteroatoms. The van der Waals surface area contributed by atoms with Gasteiger partial charge in [0.2, 0.25) is 0 Å². The van der Waals surface area contributed by atoms with Gasteiger partial charge in [0.05, 0.1) is 17.9 Å². The summed E-state index contributed by atoms with van der Waals surface area (Å²) in [5.74, 6) is -0.873. The topological polar surface area (TPSA) is 46.6 Å². The molecule has 0 spiro atoms. The summed E-state index contributed by atoms with van der Waals surface area (Å²) in [5, 5.41) is 0. The Hall–Kier alpha value is -1.68. The van der Waals surface area contributed by atoms with E-state index >= 15 is 0 Å². The van der Waals surface area contributed by atoms with E-state index in [1.165, 1.54) is 4.90 Å². The van der Waals surface area contributed by atoms with Gasteiger partial charge in [-0.05, 0) is 18.6 Å². The summed E-state index contributed by atoms with van der Waals surface area (Å²) >= 11 is 0. The van der Waals surface area contributed by atoms with E-state index in [1.54, 1.807) is 18.2 Å². The van der Waals surface area contributed by atoms with Crippen molar-refractivity contribution < 1.29 is 14.3 Å². The first-order valence-electron chi connectivity index (χ1n) is 5.78. The molecule has 2 rings (SSSR count). The zero-order valence-electron chi connectivity index (χ0n) is 9.81. The fourth-order valence-electron chi connectivity index (χ4n) is 1.87. The molecule has 0 aromatic heterocycles. The number of carbonyl (C=O) groups excluding carboxylic acids is 2. The lowest BCUT2D eigenvalue weighted by Crippen LogP contribution is -2.32. The first-order chi connectivity index (χ1) is 8.25. The van der Waals surface area contributed by atoms with Crippen molar-refractivity contribution in [2.45, 2.75) is 13.3 Å². The predicted molar refractivity (Wildman–Crippen MR) is 64.2 cm³/mol. The van der Waals surface area contributed by atoms with Gasteiger partial charge in [-0.15, -0.1) is 0 Å². The average Bonchev–Trinajstić information content (AvgIpc) is 2.60. The Bertz CT molecular complexity index is 442. The van der Waals surface area contributed by atoms with Gasteiger partial charge in [0.15, 0.2) is 0 Å². The molecule has 17 heavy (non-hydrogen) atoms. The number of nitrogens with zero attached hydrogens (tertiary/aromatic N) is 1. The number of amides is 1. The van der Waals surface area contributed by atoms with Crippen LogP contribution in [-0.4, -0.2) is 31.4 Å². The predicted octanol–water partition coefficient (Wildman–Crippen LogP) is 1.64. The summed E-state index contributed by atoms with van der Waals surface area (Å²) in [5.41, 5.74) is 1.19.